The molecular formula is C12H14N2O3S. The van der Waals surface area contributed by atoms with Gasteiger partial charge >= 0.3 is 5.97 Å². The fraction of sp³-hybridized carbons (Fsp3) is 0.417. The van der Waals surface area contributed by atoms with E-state index in [0.29, 0.717) is 11.6 Å². The number of carbonyl (C=O) groups excluding carboxylic acids is 1. The number of thiazole rings is 1. The molecule has 6 heteroatoms. The minimum Gasteiger partial charge on any atom is -0.463 e. The van der Waals surface area contributed by atoms with E-state index < -0.39 is 5.97 Å². The van der Waals surface area contributed by atoms with Crippen LogP contribution in [0.15, 0.2) is 16.1 Å². The van der Waals surface area contributed by atoms with Crippen LogP contribution in [0.1, 0.15) is 37.0 Å². The lowest BCUT2D eigenvalue weighted by Crippen LogP contribution is -2.17. The smallest absolute Gasteiger partial charge is 0.376 e. The van der Waals surface area contributed by atoms with Gasteiger partial charge in [0.05, 0.1) is 18.8 Å². The van der Waals surface area contributed by atoms with Crippen molar-refractivity contribution in [1.29, 1.82) is 0 Å². The van der Waals surface area contributed by atoms with Crippen LogP contribution in [0.4, 0.5) is 0 Å². The van der Waals surface area contributed by atoms with E-state index in [1.54, 1.807) is 11.7 Å². The number of methoxy groups -OCH3 is 1. The third-order valence-electron chi connectivity index (χ3n) is 2.35. The topological polar surface area (TPSA) is 65.2 Å². The van der Waals surface area contributed by atoms with Gasteiger partial charge in [-0.25, -0.2) is 9.78 Å². The maximum absolute atomic E-state index is 11.7. The van der Waals surface area contributed by atoms with E-state index in [1.165, 1.54) is 18.4 Å². The van der Waals surface area contributed by atoms with Gasteiger partial charge in [0.25, 0.3) is 0 Å². The number of hydrogen-bond acceptors (Lipinski definition) is 6. The fourth-order valence-corrected chi connectivity index (χ4v) is 2.03. The summed E-state index contributed by atoms with van der Waals surface area (Å²) in [7, 11) is 1.32. The van der Waals surface area contributed by atoms with E-state index in [1.807, 2.05) is 20.8 Å². The van der Waals surface area contributed by atoms with E-state index >= 15 is 0 Å². The Hall–Kier alpha value is -1.69. The van der Waals surface area contributed by atoms with Crippen LogP contribution in [-0.2, 0) is 10.2 Å². The first kappa shape index (κ1) is 12.8. The number of aromatic nitrogens is 2. The van der Waals surface area contributed by atoms with E-state index in [0.717, 1.165) is 4.88 Å². The zero-order valence-electron chi connectivity index (χ0n) is 10.7. The Labute approximate surface area is 109 Å². The van der Waals surface area contributed by atoms with Crippen LogP contribution < -0.4 is 0 Å². The predicted molar refractivity (Wildman–Crippen MR) is 67.7 cm³/mol. The molecule has 0 saturated carbocycles. The second-order valence-corrected chi connectivity index (χ2v) is 5.69. The van der Waals surface area contributed by atoms with Crippen LogP contribution in [0.5, 0.6) is 0 Å². The molecule has 0 saturated heterocycles. The molecule has 0 amide bonds. The highest BCUT2D eigenvalue weighted by Gasteiger charge is 2.30. The minimum atomic E-state index is -0.511. The molecule has 0 atom stereocenters. The SMILES string of the molecule is COC(=O)c1oc(-c2cncs2)nc1C(C)(C)C. The lowest BCUT2D eigenvalue weighted by Gasteiger charge is -2.15. The molecule has 0 bridgehead atoms. The zero-order valence-corrected chi connectivity index (χ0v) is 11.5. The summed E-state index contributed by atoms with van der Waals surface area (Å²) in [6.45, 7) is 5.90. The summed E-state index contributed by atoms with van der Waals surface area (Å²) in [4.78, 5) is 20.8. The van der Waals surface area contributed by atoms with Crippen molar-refractivity contribution in [2.24, 2.45) is 0 Å². The van der Waals surface area contributed by atoms with E-state index in [9.17, 15) is 4.79 Å². The van der Waals surface area contributed by atoms with Gasteiger partial charge in [0.2, 0.25) is 11.7 Å². The molecule has 2 aromatic heterocycles. The molecule has 2 aromatic rings. The molecule has 0 unspecified atom stereocenters. The molecule has 0 fully saturated rings. The average molecular weight is 266 g/mol. The van der Waals surface area contributed by atoms with Crippen molar-refractivity contribution < 1.29 is 13.9 Å². The highest BCUT2D eigenvalue weighted by Crippen LogP contribution is 2.31. The third kappa shape index (κ3) is 2.28. The van der Waals surface area contributed by atoms with Gasteiger partial charge in [-0.2, -0.15) is 0 Å². The molecule has 0 aliphatic carbocycles. The summed E-state index contributed by atoms with van der Waals surface area (Å²) in [5, 5.41) is 0. The summed E-state index contributed by atoms with van der Waals surface area (Å²) in [6.07, 6.45) is 1.66. The lowest BCUT2D eigenvalue weighted by atomic mass is 9.91. The standard InChI is InChI=1S/C12H14N2O3S/c1-12(2,3)9-8(11(15)16-4)17-10(14-9)7-5-13-6-18-7/h5-6H,1-4H3. The van der Waals surface area contributed by atoms with E-state index in [4.69, 9.17) is 9.15 Å². The van der Waals surface area contributed by atoms with Crippen molar-refractivity contribution in [2.45, 2.75) is 26.2 Å². The molecule has 0 aromatic carbocycles. The number of esters is 1. The normalized spacial score (nSPS) is 11.6. The molecule has 96 valence electrons. The number of nitrogens with zero attached hydrogens (tertiary/aromatic N) is 2. The quantitative estimate of drug-likeness (QED) is 0.782. The molecule has 5 nitrogen and oxygen atoms in total. The van der Waals surface area contributed by atoms with Gasteiger partial charge in [0.15, 0.2) is 0 Å². The van der Waals surface area contributed by atoms with Gasteiger partial charge in [-0.15, -0.1) is 11.3 Å². The number of hydrogen-bond donors (Lipinski definition) is 0. The summed E-state index contributed by atoms with van der Waals surface area (Å²) in [6, 6.07) is 0. The van der Waals surface area contributed by atoms with Crippen LogP contribution in [0.2, 0.25) is 0 Å². The van der Waals surface area contributed by atoms with Gasteiger partial charge in [0.1, 0.15) is 10.6 Å². The van der Waals surface area contributed by atoms with E-state index in [-0.39, 0.29) is 11.2 Å². The molecule has 2 rings (SSSR count). The number of oxazole rings is 1. The van der Waals surface area contributed by atoms with Crippen molar-refractivity contribution >= 4 is 17.3 Å². The molecule has 18 heavy (non-hydrogen) atoms. The van der Waals surface area contributed by atoms with Gasteiger partial charge in [-0.05, 0) is 0 Å². The molecule has 2 heterocycles. The van der Waals surface area contributed by atoms with Crippen LogP contribution in [-0.4, -0.2) is 23.0 Å². The molecule has 0 N–H and O–H groups in total. The number of rotatable bonds is 2. The summed E-state index contributed by atoms with van der Waals surface area (Å²) >= 11 is 1.41. The third-order valence-corrected chi connectivity index (χ3v) is 3.11. The summed E-state index contributed by atoms with van der Waals surface area (Å²) in [5.41, 5.74) is 1.99. The van der Waals surface area contributed by atoms with Crippen molar-refractivity contribution in [3.05, 3.63) is 23.2 Å². The minimum absolute atomic E-state index is 0.161. The fourth-order valence-electron chi connectivity index (χ4n) is 1.49. The highest BCUT2D eigenvalue weighted by atomic mass is 32.1. The lowest BCUT2D eigenvalue weighted by molar-refractivity contribution is 0.0562. The first-order valence-electron chi connectivity index (χ1n) is 5.42. The molecule has 0 spiro atoms. The first-order valence-corrected chi connectivity index (χ1v) is 6.30. The second-order valence-electron chi connectivity index (χ2n) is 4.80. The molecule has 0 aliphatic heterocycles. The van der Waals surface area contributed by atoms with Gasteiger partial charge in [0, 0.05) is 5.41 Å². The van der Waals surface area contributed by atoms with Crippen LogP contribution in [0, 0.1) is 0 Å². The first-order chi connectivity index (χ1) is 8.43. The van der Waals surface area contributed by atoms with E-state index in [2.05, 4.69) is 9.97 Å². The molecular weight excluding hydrogens is 252 g/mol. The Morgan fingerprint density at radius 3 is 2.67 bits per heavy atom. The number of carbonyl (C=O) groups is 1. The Morgan fingerprint density at radius 1 is 1.44 bits per heavy atom. The van der Waals surface area contributed by atoms with Gasteiger partial charge in [-0.3, -0.25) is 4.98 Å². The number of ether oxygens (including phenoxy) is 1. The second kappa shape index (κ2) is 4.53. The zero-order chi connectivity index (χ0) is 13.3. The molecule has 0 aliphatic rings. The van der Waals surface area contributed by atoms with Crippen molar-refractivity contribution in [3.63, 3.8) is 0 Å². The van der Waals surface area contributed by atoms with Gasteiger partial charge in [-0.1, -0.05) is 20.8 Å². The maximum Gasteiger partial charge on any atom is 0.376 e. The van der Waals surface area contributed by atoms with Crippen LogP contribution in [0.25, 0.3) is 10.8 Å². The van der Waals surface area contributed by atoms with Crippen molar-refractivity contribution in [3.8, 4) is 10.8 Å². The molecule has 0 radical (unpaired) electrons. The predicted octanol–water partition coefficient (Wildman–Crippen LogP) is 2.88. The highest BCUT2D eigenvalue weighted by molar-refractivity contribution is 7.13. The van der Waals surface area contributed by atoms with Gasteiger partial charge < -0.3 is 9.15 Å². The summed E-state index contributed by atoms with van der Waals surface area (Å²) < 4.78 is 10.2. The van der Waals surface area contributed by atoms with Crippen LogP contribution in [0.3, 0.4) is 0 Å². The monoisotopic (exact) mass is 266 g/mol. The maximum atomic E-state index is 11.7. The van der Waals surface area contributed by atoms with Crippen LogP contribution >= 0.6 is 11.3 Å². The Morgan fingerprint density at radius 2 is 2.17 bits per heavy atom. The Balaban J connectivity index is 2.54. The average Bonchev–Trinajstić information content (AvgIpc) is 2.94. The Bertz CT molecular complexity index is 552. The largest absolute Gasteiger partial charge is 0.463 e. The van der Waals surface area contributed by atoms with Crippen molar-refractivity contribution in [2.75, 3.05) is 7.11 Å². The summed E-state index contributed by atoms with van der Waals surface area (Å²) in [5.74, 6) is 0.0550. The van der Waals surface area contributed by atoms with Crippen molar-refractivity contribution in [1.82, 2.24) is 9.97 Å². The Kier molecular flexibility index (Phi) is 3.21.